The van der Waals surface area contributed by atoms with Crippen LogP contribution in [0.2, 0.25) is 0 Å². The SMILES string of the molecule is Cc1ccccc1NCC(=O)N/N=C\c1c(C)nn(-c2ccccc2)c1N1CCCCC1. The summed E-state index contributed by atoms with van der Waals surface area (Å²) >= 11 is 0. The number of carbonyl (C=O) groups excluding carboxylic acids is 1. The Kier molecular flexibility index (Phi) is 6.84. The molecule has 2 N–H and O–H groups in total. The summed E-state index contributed by atoms with van der Waals surface area (Å²) < 4.78 is 1.99. The van der Waals surface area contributed by atoms with Crippen LogP contribution >= 0.6 is 0 Å². The number of aromatic nitrogens is 2. The van der Waals surface area contributed by atoms with E-state index in [0.29, 0.717) is 0 Å². The minimum atomic E-state index is -0.197. The van der Waals surface area contributed by atoms with Crippen molar-refractivity contribution < 1.29 is 4.79 Å². The summed E-state index contributed by atoms with van der Waals surface area (Å²) in [6, 6.07) is 18.0. The lowest BCUT2D eigenvalue weighted by molar-refractivity contribution is -0.119. The van der Waals surface area contributed by atoms with Crippen LogP contribution in [-0.4, -0.2) is 41.5 Å². The molecule has 7 heteroatoms. The first-order chi connectivity index (χ1) is 15.6. The molecule has 3 aromatic rings. The lowest BCUT2D eigenvalue weighted by Gasteiger charge is -2.29. The first-order valence-corrected chi connectivity index (χ1v) is 11.1. The summed E-state index contributed by atoms with van der Waals surface area (Å²) in [4.78, 5) is 14.7. The summed E-state index contributed by atoms with van der Waals surface area (Å²) in [6.45, 7) is 6.13. The Hall–Kier alpha value is -3.61. The fourth-order valence-corrected chi connectivity index (χ4v) is 3.99. The number of anilines is 2. The topological polar surface area (TPSA) is 74.5 Å². The average Bonchev–Trinajstić information content (AvgIpc) is 3.16. The second kappa shape index (κ2) is 10.1. The second-order valence-electron chi connectivity index (χ2n) is 8.08. The van der Waals surface area contributed by atoms with Crippen LogP contribution < -0.4 is 15.6 Å². The number of hydrogen-bond donors (Lipinski definition) is 2. The van der Waals surface area contributed by atoms with Gasteiger partial charge in [0.25, 0.3) is 5.91 Å². The van der Waals surface area contributed by atoms with E-state index in [2.05, 4.69) is 32.9 Å². The Labute approximate surface area is 189 Å². The molecule has 0 spiro atoms. The Balaban J connectivity index is 1.51. The summed E-state index contributed by atoms with van der Waals surface area (Å²) in [5.41, 5.74) is 7.51. The molecule has 1 aliphatic heterocycles. The van der Waals surface area contributed by atoms with Crippen molar-refractivity contribution >= 4 is 23.6 Å². The first kappa shape index (κ1) is 21.6. The maximum Gasteiger partial charge on any atom is 0.259 e. The molecule has 0 unspecified atom stereocenters. The van der Waals surface area contributed by atoms with Gasteiger partial charge in [0.05, 0.1) is 29.7 Å². The molecule has 1 aromatic heterocycles. The fourth-order valence-electron chi connectivity index (χ4n) is 3.99. The van der Waals surface area contributed by atoms with Crippen molar-refractivity contribution in [2.75, 3.05) is 29.9 Å². The molecule has 7 nitrogen and oxygen atoms in total. The summed E-state index contributed by atoms with van der Waals surface area (Å²) in [6.07, 6.45) is 5.30. The number of carbonyl (C=O) groups is 1. The van der Waals surface area contributed by atoms with Gasteiger partial charge in [0.1, 0.15) is 5.82 Å². The molecule has 2 heterocycles. The number of nitrogens with zero attached hydrogens (tertiary/aromatic N) is 4. The molecule has 2 aromatic carbocycles. The normalized spacial score (nSPS) is 14.0. The van der Waals surface area contributed by atoms with Crippen LogP contribution in [0.5, 0.6) is 0 Å². The van der Waals surface area contributed by atoms with Crippen molar-refractivity contribution in [3.05, 3.63) is 71.4 Å². The molecule has 0 atom stereocenters. The van der Waals surface area contributed by atoms with E-state index in [9.17, 15) is 4.79 Å². The number of rotatable bonds is 7. The van der Waals surface area contributed by atoms with E-state index >= 15 is 0 Å². The minimum Gasteiger partial charge on any atom is -0.376 e. The molecule has 1 fully saturated rings. The van der Waals surface area contributed by atoms with Crippen LogP contribution in [0.3, 0.4) is 0 Å². The molecule has 166 valence electrons. The average molecular weight is 431 g/mol. The minimum absolute atomic E-state index is 0.156. The maximum absolute atomic E-state index is 12.3. The second-order valence-corrected chi connectivity index (χ2v) is 8.08. The molecule has 0 radical (unpaired) electrons. The van der Waals surface area contributed by atoms with Crippen molar-refractivity contribution in [2.24, 2.45) is 5.10 Å². The molecule has 1 saturated heterocycles. The number of hydrazone groups is 1. The van der Waals surface area contributed by atoms with Crippen LogP contribution in [-0.2, 0) is 4.79 Å². The van der Waals surface area contributed by atoms with E-state index in [4.69, 9.17) is 5.10 Å². The molecule has 1 aliphatic rings. The Bertz CT molecular complexity index is 1080. The Morgan fingerprint density at radius 1 is 1.03 bits per heavy atom. The number of nitrogens with one attached hydrogen (secondary N) is 2. The highest BCUT2D eigenvalue weighted by atomic mass is 16.2. The quantitative estimate of drug-likeness (QED) is 0.438. The van der Waals surface area contributed by atoms with Crippen LogP contribution in [0, 0.1) is 13.8 Å². The van der Waals surface area contributed by atoms with Gasteiger partial charge in [-0.1, -0.05) is 36.4 Å². The highest BCUT2D eigenvalue weighted by Gasteiger charge is 2.22. The van der Waals surface area contributed by atoms with Gasteiger partial charge in [-0.15, -0.1) is 0 Å². The van der Waals surface area contributed by atoms with Crippen LogP contribution in [0.15, 0.2) is 59.7 Å². The van der Waals surface area contributed by atoms with E-state index in [0.717, 1.165) is 59.9 Å². The monoisotopic (exact) mass is 430 g/mol. The van der Waals surface area contributed by atoms with Crippen molar-refractivity contribution in [1.29, 1.82) is 0 Å². The summed E-state index contributed by atoms with van der Waals surface area (Å²) in [5, 5.41) is 12.2. The third-order valence-corrected chi connectivity index (χ3v) is 5.71. The van der Waals surface area contributed by atoms with Crippen LogP contribution in [0.25, 0.3) is 5.69 Å². The van der Waals surface area contributed by atoms with E-state index in [1.165, 1.54) is 6.42 Å². The molecule has 0 bridgehead atoms. The third-order valence-electron chi connectivity index (χ3n) is 5.71. The number of piperidine rings is 1. The van der Waals surface area contributed by atoms with Gasteiger partial charge < -0.3 is 10.2 Å². The zero-order valence-electron chi connectivity index (χ0n) is 18.7. The molecule has 0 aliphatic carbocycles. The highest BCUT2D eigenvalue weighted by Crippen LogP contribution is 2.28. The van der Waals surface area contributed by atoms with Crippen LogP contribution in [0.1, 0.15) is 36.1 Å². The highest BCUT2D eigenvalue weighted by molar-refractivity contribution is 5.90. The van der Waals surface area contributed by atoms with Crippen molar-refractivity contribution in [3.63, 3.8) is 0 Å². The zero-order chi connectivity index (χ0) is 22.3. The van der Waals surface area contributed by atoms with Crippen molar-refractivity contribution in [3.8, 4) is 5.69 Å². The lowest BCUT2D eigenvalue weighted by atomic mass is 10.1. The molecular weight excluding hydrogens is 400 g/mol. The Morgan fingerprint density at radius 3 is 2.50 bits per heavy atom. The number of hydrogen-bond acceptors (Lipinski definition) is 5. The van der Waals surface area contributed by atoms with E-state index < -0.39 is 0 Å². The molecule has 0 saturated carbocycles. The number of amides is 1. The standard InChI is InChI=1S/C25H30N6O/c1-19-11-7-8-14-23(19)26-18-24(32)28-27-17-22-20(2)29-31(21-12-5-3-6-13-21)25(22)30-15-9-4-10-16-30/h3,5-8,11-14,17,26H,4,9-10,15-16,18H2,1-2H3,(H,28,32)/b27-17-. The number of para-hydroxylation sites is 2. The van der Waals surface area contributed by atoms with Crippen LogP contribution in [0.4, 0.5) is 11.5 Å². The van der Waals surface area contributed by atoms with Gasteiger partial charge in [-0.05, 0) is 56.9 Å². The van der Waals surface area contributed by atoms with E-state index in [-0.39, 0.29) is 12.5 Å². The van der Waals surface area contributed by atoms with Gasteiger partial charge in [-0.2, -0.15) is 10.2 Å². The zero-order valence-corrected chi connectivity index (χ0v) is 18.7. The fraction of sp³-hybridized carbons (Fsp3) is 0.320. The van der Waals surface area contributed by atoms with E-state index in [1.807, 2.05) is 61.0 Å². The maximum atomic E-state index is 12.3. The van der Waals surface area contributed by atoms with Crippen molar-refractivity contribution in [1.82, 2.24) is 15.2 Å². The largest absolute Gasteiger partial charge is 0.376 e. The van der Waals surface area contributed by atoms with Gasteiger partial charge in [0.2, 0.25) is 0 Å². The smallest absolute Gasteiger partial charge is 0.259 e. The van der Waals surface area contributed by atoms with Crippen molar-refractivity contribution in [2.45, 2.75) is 33.1 Å². The Morgan fingerprint density at radius 2 is 1.75 bits per heavy atom. The molecule has 4 rings (SSSR count). The lowest BCUT2D eigenvalue weighted by Crippen LogP contribution is -2.32. The predicted molar refractivity (Wildman–Crippen MR) is 130 cm³/mol. The van der Waals surface area contributed by atoms with Gasteiger partial charge in [-0.3, -0.25) is 4.79 Å². The third kappa shape index (κ3) is 4.99. The van der Waals surface area contributed by atoms with Gasteiger partial charge in [0.15, 0.2) is 0 Å². The summed E-state index contributed by atoms with van der Waals surface area (Å²) in [5.74, 6) is 0.835. The van der Waals surface area contributed by atoms with Gasteiger partial charge in [-0.25, -0.2) is 10.1 Å². The number of aryl methyl sites for hydroxylation is 2. The summed E-state index contributed by atoms with van der Waals surface area (Å²) in [7, 11) is 0. The van der Waals surface area contributed by atoms with Gasteiger partial charge in [0, 0.05) is 18.8 Å². The number of benzene rings is 2. The predicted octanol–water partition coefficient (Wildman–Crippen LogP) is 4.04. The van der Waals surface area contributed by atoms with Gasteiger partial charge >= 0.3 is 0 Å². The molecule has 32 heavy (non-hydrogen) atoms. The molecular formula is C25H30N6O. The first-order valence-electron chi connectivity index (χ1n) is 11.1. The van der Waals surface area contributed by atoms with E-state index in [1.54, 1.807) is 6.21 Å². The molecule has 1 amide bonds.